The number of fused-ring (bicyclic) bond motifs is 1. The smallest absolute Gasteiger partial charge is 0.309 e. The van der Waals surface area contributed by atoms with Crippen LogP contribution in [0.2, 0.25) is 0 Å². The van der Waals surface area contributed by atoms with E-state index in [2.05, 4.69) is 18.7 Å². The van der Waals surface area contributed by atoms with Gasteiger partial charge in [0, 0.05) is 29.8 Å². The molecule has 1 aromatic carbocycles. The molecule has 4 heteroatoms. The number of nitrogens with zero attached hydrogens (tertiary/aromatic N) is 1. The van der Waals surface area contributed by atoms with Crippen molar-refractivity contribution in [2.75, 3.05) is 11.4 Å². The maximum atomic E-state index is 14.2. The lowest BCUT2D eigenvalue weighted by Crippen LogP contribution is -2.32. The Morgan fingerprint density at radius 3 is 2.70 bits per heavy atom. The molecule has 0 spiro atoms. The molecule has 1 heterocycles. The molecule has 20 heavy (non-hydrogen) atoms. The fraction of sp³-hybridized carbons (Fsp3) is 0.562. The number of anilines is 1. The Balaban J connectivity index is 2.37. The number of hydrogen-bond acceptors (Lipinski definition) is 2. The fourth-order valence-electron chi connectivity index (χ4n) is 2.97. The first-order chi connectivity index (χ1) is 9.24. The number of carboxylic acids is 1. The van der Waals surface area contributed by atoms with Gasteiger partial charge in [-0.1, -0.05) is 6.07 Å². The van der Waals surface area contributed by atoms with Crippen LogP contribution in [-0.4, -0.2) is 23.7 Å². The largest absolute Gasteiger partial charge is 0.481 e. The van der Waals surface area contributed by atoms with E-state index in [1.54, 1.807) is 19.9 Å². The summed E-state index contributed by atoms with van der Waals surface area (Å²) in [6.07, 6.45) is 0.444. The summed E-state index contributed by atoms with van der Waals surface area (Å²) in [5.74, 6) is -1.13. The lowest BCUT2D eigenvalue weighted by molar-refractivity contribution is -0.147. The Labute approximate surface area is 119 Å². The Hall–Kier alpha value is -1.58. The number of hydrogen-bond donors (Lipinski definition) is 1. The van der Waals surface area contributed by atoms with Gasteiger partial charge < -0.3 is 10.0 Å². The summed E-state index contributed by atoms with van der Waals surface area (Å²) < 4.78 is 14.2. The number of halogens is 1. The second kappa shape index (κ2) is 5.08. The van der Waals surface area contributed by atoms with E-state index in [0.717, 1.165) is 5.69 Å². The van der Waals surface area contributed by atoms with E-state index >= 15 is 0 Å². The van der Waals surface area contributed by atoms with Gasteiger partial charge in [-0.3, -0.25) is 4.79 Å². The normalized spacial score (nSPS) is 18.5. The number of benzene rings is 1. The summed E-state index contributed by atoms with van der Waals surface area (Å²) in [6, 6.07) is 5.37. The fourth-order valence-corrected chi connectivity index (χ4v) is 2.97. The van der Waals surface area contributed by atoms with Crippen molar-refractivity contribution < 1.29 is 14.3 Å². The zero-order valence-electron chi connectivity index (χ0n) is 12.5. The van der Waals surface area contributed by atoms with Crippen LogP contribution in [0.3, 0.4) is 0 Å². The second-order valence-corrected chi connectivity index (χ2v) is 6.51. The van der Waals surface area contributed by atoms with Gasteiger partial charge in [-0.2, -0.15) is 0 Å². The quantitative estimate of drug-likeness (QED) is 0.914. The van der Waals surface area contributed by atoms with Crippen LogP contribution >= 0.6 is 0 Å². The third-order valence-electron chi connectivity index (χ3n) is 4.12. The highest BCUT2D eigenvalue weighted by atomic mass is 19.1. The van der Waals surface area contributed by atoms with E-state index < -0.39 is 11.4 Å². The highest BCUT2D eigenvalue weighted by Gasteiger charge is 2.38. The zero-order chi connectivity index (χ0) is 15.1. The van der Waals surface area contributed by atoms with Gasteiger partial charge in [0.1, 0.15) is 5.82 Å². The van der Waals surface area contributed by atoms with Crippen LogP contribution < -0.4 is 4.90 Å². The molecule has 3 nitrogen and oxygen atoms in total. The molecular weight excluding hydrogens is 257 g/mol. The molecule has 1 unspecified atom stereocenters. The van der Waals surface area contributed by atoms with Crippen LogP contribution in [0.1, 0.15) is 45.6 Å². The van der Waals surface area contributed by atoms with Gasteiger partial charge in [-0.05, 0) is 46.2 Å². The average molecular weight is 279 g/mol. The maximum Gasteiger partial charge on any atom is 0.309 e. The van der Waals surface area contributed by atoms with E-state index in [1.807, 2.05) is 6.07 Å². The van der Waals surface area contributed by atoms with Crippen LogP contribution in [0, 0.1) is 11.2 Å². The van der Waals surface area contributed by atoms with E-state index in [4.69, 9.17) is 0 Å². The molecule has 0 fully saturated rings. The van der Waals surface area contributed by atoms with Crippen molar-refractivity contribution in [2.24, 2.45) is 5.41 Å². The van der Waals surface area contributed by atoms with Crippen molar-refractivity contribution >= 4 is 11.7 Å². The first-order valence-electron chi connectivity index (χ1n) is 7.02. The lowest BCUT2D eigenvalue weighted by Gasteiger charge is -2.26. The number of aliphatic carboxylic acids is 1. The summed E-state index contributed by atoms with van der Waals surface area (Å²) in [5, 5.41) is 9.29. The SMILES string of the molecule is CC(C)N1CC(CC(C)(C)C(=O)O)c2c(F)cccc21. The van der Waals surface area contributed by atoms with Crippen molar-refractivity contribution in [1.82, 2.24) is 0 Å². The molecule has 0 saturated heterocycles. The lowest BCUT2D eigenvalue weighted by atomic mass is 9.80. The van der Waals surface area contributed by atoms with E-state index in [0.29, 0.717) is 18.5 Å². The summed E-state index contributed by atoms with van der Waals surface area (Å²) in [6.45, 7) is 8.23. The minimum Gasteiger partial charge on any atom is -0.481 e. The van der Waals surface area contributed by atoms with Gasteiger partial charge in [-0.15, -0.1) is 0 Å². The van der Waals surface area contributed by atoms with Gasteiger partial charge in [0.05, 0.1) is 5.41 Å². The van der Waals surface area contributed by atoms with Crippen LogP contribution in [0.5, 0.6) is 0 Å². The molecule has 0 radical (unpaired) electrons. The highest BCUT2D eigenvalue weighted by molar-refractivity contribution is 5.74. The molecule has 0 aliphatic carbocycles. The van der Waals surface area contributed by atoms with Crippen LogP contribution in [-0.2, 0) is 4.79 Å². The van der Waals surface area contributed by atoms with Crippen LogP contribution in [0.4, 0.5) is 10.1 Å². The second-order valence-electron chi connectivity index (χ2n) is 6.51. The minimum atomic E-state index is -0.850. The van der Waals surface area contributed by atoms with Crippen molar-refractivity contribution in [3.05, 3.63) is 29.6 Å². The molecular formula is C16H22FNO2. The summed E-state index contributed by atoms with van der Waals surface area (Å²) >= 11 is 0. The molecule has 0 aromatic heterocycles. The molecule has 0 saturated carbocycles. The van der Waals surface area contributed by atoms with Gasteiger partial charge in [0.15, 0.2) is 0 Å². The zero-order valence-corrected chi connectivity index (χ0v) is 12.5. The third-order valence-corrected chi connectivity index (χ3v) is 4.12. The molecule has 1 aliphatic rings. The van der Waals surface area contributed by atoms with E-state index in [9.17, 15) is 14.3 Å². The number of rotatable bonds is 4. The molecule has 110 valence electrons. The minimum absolute atomic E-state index is 0.0697. The molecule has 1 aliphatic heterocycles. The van der Waals surface area contributed by atoms with E-state index in [1.165, 1.54) is 6.07 Å². The molecule has 1 atom stereocenters. The third kappa shape index (κ3) is 2.51. The predicted molar refractivity (Wildman–Crippen MR) is 77.7 cm³/mol. The number of carbonyl (C=O) groups is 1. The highest BCUT2D eigenvalue weighted by Crippen LogP contribution is 2.44. The van der Waals surface area contributed by atoms with Gasteiger partial charge in [0.2, 0.25) is 0 Å². The van der Waals surface area contributed by atoms with Crippen molar-refractivity contribution in [3.63, 3.8) is 0 Å². The van der Waals surface area contributed by atoms with Crippen molar-refractivity contribution in [2.45, 2.75) is 46.1 Å². The van der Waals surface area contributed by atoms with Gasteiger partial charge in [-0.25, -0.2) is 4.39 Å². The Morgan fingerprint density at radius 1 is 1.50 bits per heavy atom. The molecule has 1 aromatic rings. The first kappa shape index (κ1) is 14.8. The standard InChI is InChI=1S/C16H22FNO2/c1-10(2)18-9-11(8-16(3,4)15(19)20)14-12(17)6-5-7-13(14)18/h5-7,10-11H,8-9H2,1-4H3,(H,19,20). The first-order valence-corrected chi connectivity index (χ1v) is 7.02. The van der Waals surface area contributed by atoms with Crippen LogP contribution in [0.25, 0.3) is 0 Å². The Kier molecular flexibility index (Phi) is 3.76. The van der Waals surface area contributed by atoms with Crippen LogP contribution in [0.15, 0.2) is 18.2 Å². The summed E-state index contributed by atoms with van der Waals surface area (Å²) in [7, 11) is 0. The maximum absolute atomic E-state index is 14.2. The number of carboxylic acid groups (broad SMARTS) is 1. The van der Waals surface area contributed by atoms with Crippen molar-refractivity contribution in [1.29, 1.82) is 0 Å². The summed E-state index contributed by atoms with van der Waals surface area (Å²) in [5.41, 5.74) is 0.735. The Morgan fingerprint density at radius 2 is 2.15 bits per heavy atom. The molecule has 0 bridgehead atoms. The monoisotopic (exact) mass is 279 g/mol. The summed E-state index contributed by atoms with van der Waals surface area (Å²) in [4.78, 5) is 13.5. The predicted octanol–water partition coefficient (Wildman–Crippen LogP) is 3.64. The molecule has 1 N–H and O–H groups in total. The van der Waals surface area contributed by atoms with Gasteiger partial charge >= 0.3 is 5.97 Å². The van der Waals surface area contributed by atoms with Gasteiger partial charge in [0.25, 0.3) is 0 Å². The Bertz CT molecular complexity index is 525. The van der Waals surface area contributed by atoms with E-state index in [-0.39, 0.29) is 17.8 Å². The van der Waals surface area contributed by atoms with Crippen molar-refractivity contribution in [3.8, 4) is 0 Å². The average Bonchev–Trinajstić information content (AvgIpc) is 2.68. The topological polar surface area (TPSA) is 40.5 Å². The molecule has 0 amide bonds. The molecule has 2 rings (SSSR count).